The van der Waals surface area contributed by atoms with E-state index >= 15 is 0 Å². The molecule has 3 nitrogen and oxygen atoms in total. The minimum absolute atomic E-state index is 0.107. The van der Waals surface area contributed by atoms with Gasteiger partial charge in [0.05, 0.1) is 12.2 Å². The maximum atomic E-state index is 13.6. The van der Waals surface area contributed by atoms with Crippen molar-refractivity contribution in [2.45, 2.75) is 37.8 Å². The van der Waals surface area contributed by atoms with Crippen molar-refractivity contribution >= 4 is 0 Å². The van der Waals surface area contributed by atoms with Gasteiger partial charge in [0, 0.05) is 25.7 Å². The number of ether oxygens (including phenoxy) is 2. The number of nitrogens with one attached hydrogen (secondary N) is 1. The fourth-order valence-corrected chi connectivity index (χ4v) is 3.69. The third kappa shape index (κ3) is 3.28. The highest BCUT2D eigenvalue weighted by Crippen LogP contribution is 2.41. The monoisotopic (exact) mass is 293 g/mol. The van der Waals surface area contributed by atoms with Crippen LogP contribution < -0.4 is 5.32 Å². The third-order valence-electron chi connectivity index (χ3n) is 4.70. The van der Waals surface area contributed by atoms with Gasteiger partial charge in [-0.25, -0.2) is 4.39 Å². The predicted molar refractivity (Wildman–Crippen MR) is 79.7 cm³/mol. The Balaban J connectivity index is 1.80. The van der Waals surface area contributed by atoms with E-state index in [9.17, 15) is 4.39 Å². The van der Waals surface area contributed by atoms with E-state index in [-0.39, 0.29) is 17.5 Å². The Morgan fingerprint density at radius 2 is 2.33 bits per heavy atom. The van der Waals surface area contributed by atoms with Crippen molar-refractivity contribution in [2.75, 3.05) is 26.4 Å². The fourth-order valence-electron chi connectivity index (χ4n) is 3.69. The van der Waals surface area contributed by atoms with Crippen LogP contribution in [0.15, 0.2) is 24.3 Å². The summed E-state index contributed by atoms with van der Waals surface area (Å²) in [6.07, 6.45) is 2.97. The van der Waals surface area contributed by atoms with Gasteiger partial charge < -0.3 is 14.8 Å². The highest BCUT2D eigenvalue weighted by Gasteiger charge is 2.43. The van der Waals surface area contributed by atoms with Crippen LogP contribution in [0, 0.1) is 11.7 Å². The summed E-state index contributed by atoms with van der Waals surface area (Å²) in [6, 6.07) is 7.16. The van der Waals surface area contributed by atoms with Gasteiger partial charge in [0.15, 0.2) is 0 Å². The number of halogens is 1. The molecule has 4 heteroatoms. The van der Waals surface area contributed by atoms with Gasteiger partial charge in [0.1, 0.15) is 5.82 Å². The van der Waals surface area contributed by atoms with Gasteiger partial charge >= 0.3 is 0 Å². The van der Waals surface area contributed by atoms with Gasteiger partial charge in [-0.3, -0.25) is 0 Å². The number of rotatable bonds is 4. The van der Waals surface area contributed by atoms with Crippen LogP contribution in [0.4, 0.5) is 4.39 Å². The van der Waals surface area contributed by atoms with Crippen LogP contribution >= 0.6 is 0 Å². The molecular formula is C17H24FNO2. The first-order valence-corrected chi connectivity index (χ1v) is 7.93. The normalized spacial score (nSPS) is 30.7. The molecule has 21 heavy (non-hydrogen) atoms. The van der Waals surface area contributed by atoms with Crippen LogP contribution in [-0.4, -0.2) is 32.0 Å². The summed E-state index contributed by atoms with van der Waals surface area (Å²) in [4.78, 5) is 0. The summed E-state index contributed by atoms with van der Waals surface area (Å²) in [7, 11) is 0. The minimum Gasteiger partial charge on any atom is -0.378 e. The Hall–Kier alpha value is -0.970. The van der Waals surface area contributed by atoms with Gasteiger partial charge in [-0.15, -0.1) is 0 Å². The molecule has 2 aliphatic rings. The van der Waals surface area contributed by atoms with Crippen LogP contribution in [-0.2, 0) is 9.47 Å². The average molecular weight is 293 g/mol. The second kappa shape index (κ2) is 6.42. The second-order valence-corrected chi connectivity index (χ2v) is 6.18. The van der Waals surface area contributed by atoms with Gasteiger partial charge in [-0.05, 0) is 43.0 Å². The lowest BCUT2D eigenvalue weighted by atomic mass is 9.79. The van der Waals surface area contributed by atoms with Crippen molar-refractivity contribution in [3.63, 3.8) is 0 Å². The summed E-state index contributed by atoms with van der Waals surface area (Å²) >= 11 is 0. The molecule has 0 saturated carbocycles. The predicted octanol–water partition coefficient (Wildman–Crippen LogP) is 3.06. The molecule has 1 spiro atoms. The van der Waals surface area contributed by atoms with E-state index in [1.807, 2.05) is 6.07 Å². The zero-order chi connectivity index (χ0) is 14.7. The topological polar surface area (TPSA) is 30.5 Å². The molecule has 2 aliphatic heterocycles. The minimum atomic E-state index is -0.165. The molecular weight excluding hydrogens is 269 g/mol. The number of hydrogen-bond donors (Lipinski definition) is 1. The highest BCUT2D eigenvalue weighted by atomic mass is 19.1. The first-order valence-electron chi connectivity index (χ1n) is 7.93. The average Bonchev–Trinajstić information content (AvgIpc) is 2.92. The lowest BCUT2D eigenvalue weighted by Crippen LogP contribution is -2.44. The Kier molecular flexibility index (Phi) is 4.57. The largest absolute Gasteiger partial charge is 0.378 e. The van der Waals surface area contributed by atoms with E-state index in [4.69, 9.17) is 9.47 Å². The molecule has 2 heterocycles. The first kappa shape index (κ1) is 14.9. The quantitative estimate of drug-likeness (QED) is 0.925. The van der Waals surface area contributed by atoms with Crippen molar-refractivity contribution < 1.29 is 13.9 Å². The van der Waals surface area contributed by atoms with Gasteiger partial charge in [-0.2, -0.15) is 0 Å². The lowest BCUT2D eigenvalue weighted by molar-refractivity contribution is -0.103. The molecule has 2 saturated heterocycles. The van der Waals surface area contributed by atoms with Crippen LogP contribution in [0.25, 0.3) is 0 Å². The second-order valence-electron chi connectivity index (χ2n) is 6.18. The van der Waals surface area contributed by atoms with Crippen LogP contribution in [0.2, 0.25) is 0 Å². The summed E-state index contributed by atoms with van der Waals surface area (Å²) in [5, 5.41) is 3.54. The van der Waals surface area contributed by atoms with Crippen molar-refractivity contribution in [2.24, 2.45) is 5.92 Å². The Labute approximate surface area is 125 Å². The van der Waals surface area contributed by atoms with E-state index in [1.54, 1.807) is 12.1 Å². The zero-order valence-electron chi connectivity index (χ0n) is 12.6. The molecule has 0 amide bonds. The Morgan fingerprint density at radius 1 is 1.43 bits per heavy atom. The Bertz CT molecular complexity index is 474. The molecule has 2 fully saturated rings. The highest BCUT2D eigenvalue weighted by molar-refractivity contribution is 5.21. The summed E-state index contributed by atoms with van der Waals surface area (Å²) < 4.78 is 25.1. The van der Waals surface area contributed by atoms with E-state index in [1.165, 1.54) is 6.07 Å². The lowest BCUT2D eigenvalue weighted by Gasteiger charge is -2.40. The number of hydrogen-bond acceptors (Lipinski definition) is 3. The molecule has 0 radical (unpaired) electrons. The zero-order valence-corrected chi connectivity index (χ0v) is 12.6. The van der Waals surface area contributed by atoms with Gasteiger partial charge in [0.25, 0.3) is 0 Å². The van der Waals surface area contributed by atoms with E-state index in [0.717, 1.165) is 44.6 Å². The van der Waals surface area contributed by atoms with Gasteiger partial charge in [-0.1, -0.05) is 19.1 Å². The van der Waals surface area contributed by atoms with Crippen LogP contribution in [0.3, 0.4) is 0 Å². The van der Waals surface area contributed by atoms with Crippen molar-refractivity contribution in [3.8, 4) is 0 Å². The molecule has 1 aromatic rings. The fraction of sp³-hybridized carbons (Fsp3) is 0.647. The molecule has 3 rings (SSSR count). The van der Waals surface area contributed by atoms with Crippen molar-refractivity contribution in [1.29, 1.82) is 0 Å². The van der Waals surface area contributed by atoms with E-state index in [2.05, 4.69) is 12.2 Å². The standard InChI is InChI=1S/C17H24FNO2/c1-2-19-16(13-4-3-5-15(18)10-13)14-6-8-21-17(11-14)7-9-20-12-17/h3-5,10,14,16,19H,2,6-9,11-12H2,1H3. The summed E-state index contributed by atoms with van der Waals surface area (Å²) in [5.74, 6) is 0.295. The maximum Gasteiger partial charge on any atom is 0.123 e. The molecule has 0 aromatic heterocycles. The summed E-state index contributed by atoms with van der Waals surface area (Å²) in [6.45, 7) is 5.23. The first-order chi connectivity index (χ1) is 10.2. The van der Waals surface area contributed by atoms with Crippen LogP contribution in [0.1, 0.15) is 37.8 Å². The molecule has 3 unspecified atom stereocenters. The SMILES string of the molecule is CCNC(c1cccc(F)c1)C1CCOC2(CCOC2)C1. The molecule has 1 N–H and O–H groups in total. The smallest absolute Gasteiger partial charge is 0.123 e. The van der Waals surface area contributed by atoms with Crippen molar-refractivity contribution in [1.82, 2.24) is 5.32 Å². The van der Waals surface area contributed by atoms with Crippen molar-refractivity contribution in [3.05, 3.63) is 35.6 Å². The molecule has 3 atom stereocenters. The summed E-state index contributed by atoms with van der Waals surface area (Å²) in [5.41, 5.74) is 0.932. The maximum absolute atomic E-state index is 13.6. The molecule has 1 aromatic carbocycles. The Morgan fingerprint density at radius 3 is 3.05 bits per heavy atom. The molecule has 116 valence electrons. The number of benzene rings is 1. The van der Waals surface area contributed by atoms with E-state index in [0.29, 0.717) is 12.5 Å². The third-order valence-corrected chi connectivity index (χ3v) is 4.70. The van der Waals surface area contributed by atoms with Gasteiger partial charge in [0.2, 0.25) is 0 Å². The van der Waals surface area contributed by atoms with Crippen LogP contribution in [0.5, 0.6) is 0 Å². The molecule has 0 bridgehead atoms. The van der Waals surface area contributed by atoms with E-state index < -0.39 is 0 Å². The molecule has 0 aliphatic carbocycles.